The maximum absolute atomic E-state index is 13.1. The zero-order chi connectivity index (χ0) is 21.3. The Bertz CT molecular complexity index is 923. The Labute approximate surface area is 177 Å². The number of aryl methyl sites for hydroxylation is 3. The molecule has 2 aliphatic rings. The van der Waals surface area contributed by atoms with Gasteiger partial charge in [0.2, 0.25) is 5.91 Å². The van der Waals surface area contributed by atoms with E-state index in [-0.39, 0.29) is 17.7 Å². The molecule has 7 heteroatoms. The van der Waals surface area contributed by atoms with Gasteiger partial charge in [-0.05, 0) is 44.7 Å². The van der Waals surface area contributed by atoms with Crippen molar-refractivity contribution in [2.45, 2.75) is 33.6 Å². The highest BCUT2D eigenvalue weighted by molar-refractivity contribution is 5.94. The lowest BCUT2D eigenvalue weighted by molar-refractivity contribution is -0.141. The first-order valence-electron chi connectivity index (χ1n) is 10.6. The minimum Gasteiger partial charge on any atom is -0.378 e. The molecule has 0 radical (unpaired) electrons. The molecule has 0 spiro atoms. The Hall–Kier alpha value is -2.67. The van der Waals surface area contributed by atoms with Crippen molar-refractivity contribution in [2.24, 2.45) is 5.92 Å². The number of carbonyl (C=O) groups excluding carboxylic acids is 2. The van der Waals surface area contributed by atoms with Crippen molar-refractivity contribution in [3.63, 3.8) is 0 Å². The molecule has 2 aromatic rings. The van der Waals surface area contributed by atoms with Crippen molar-refractivity contribution < 1.29 is 18.8 Å². The van der Waals surface area contributed by atoms with Crippen LogP contribution in [0.15, 0.2) is 22.7 Å². The molecular formula is C23H29N3O4. The molecule has 160 valence electrons. The summed E-state index contributed by atoms with van der Waals surface area (Å²) in [6.07, 6.45) is 1.62. The second-order valence-corrected chi connectivity index (χ2v) is 8.38. The van der Waals surface area contributed by atoms with E-state index in [0.29, 0.717) is 50.8 Å². The second kappa shape index (κ2) is 8.60. The fourth-order valence-corrected chi connectivity index (χ4v) is 4.63. The SMILES string of the molecule is Cc1cc(C)c(-c2cc(C(=O)N3CCCC(C(=O)N4CCOCC4)C3)no2)c(C)c1. The largest absolute Gasteiger partial charge is 0.378 e. The van der Waals surface area contributed by atoms with Gasteiger partial charge in [-0.2, -0.15) is 0 Å². The molecule has 2 amide bonds. The van der Waals surface area contributed by atoms with Gasteiger partial charge in [0.05, 0.1) is 19.1 Å². The third-order valence-electron chi connectivity index (χ3n) is 6.03. The summed E-state index contributed by atoms with van der Waals surface area (Å²) in [5.74, 6) is 0.398. The van der Waals surface area contributed by atoms with Crippen molar-refractivity contribution in [1.82, 2.24) is 15.0 Å². The van der Waals surface area contributed by atoms with Crippen LogP contribution in [0.5, 0.6) is 0 Å². The van der Waals surface area contributed by atoms with Crippen LogP contribution in [0.1, 0.15) is 40.0 Å². The van der Waals surface area contributed by atoms with E-state index in [2.05, 4.69) is 24.2 Å². The molecule has 7 nitrogen and oxygen atoms in total. The molecule has 1 aromatic heterocycles. The first-order valence-corrected chi connectivity index (χ1v) is 10.6. The smallest absolute Gasteiger partial charge is 0.276 e. The van der Waals surface area contributed by atoms with Gasteiger partial charge >= 0.3 is 0 Å². The number of ether oxygens (including phenoxy) is 1. The van der Waals surface area contributed by atoms with Gasteiger partial charge in [-0.1, -0.05) is 22.9 Å². The lowest BCUT2D eigenvalue weighted by atomic mass is 9.95. The van der Waals surface area contributed by atoms with Crippen LogP contribution in [0.4, 0.5) is 0 Å². The van der Waals surface area contributed by atoms with Crippen molar-refractivity contribution >= 4 is 11.8 Å². The average molecular weight is 412 g/mol. The molecule has 2 aliphatic heterocycles. The number of aromatic nitrogens is 1. The Morgan fingerprint density at radius 2 is 1.70 bits per heavy atom. The summed E-state index contributed by atoms with van der Waals surface area (Å²) in [6.45, 7) is 9.62. The minimum absolute atomic E-state index is 0.127. The topological polar surface area (TPSA) is 75.9 Å². The van der Waals surface area contributed by atoms with Crippen LogP contribution >= 0.6 is 0 Å². The Balaban J connectivity index is 1.48. The number of benzene rings is 1. The highest BCUT2D eigenvalue weighted by Gasteiger charge is 2.33. The van der Waals surface area contributed by atoms with Gasteiger partial charge in [-0.3, -0.25) is 9.59 Å². The van der Waals surface area contributed by atoms with E-state index in [9.17, 15) is 9.59 Å². The average Bonchev–Trinajstić information content (AvgIpc) is 3.22. The maximum Gasteiger partial charge on any atom is 0.276 e. The van der Waals surface area contributed by atoms with E-state index in [1.54, 1.807) is 11.0 Å². The highest BCUT2D eigenvalue weighted by Crippen LogP contribution is 2.30. The molecule has 0 saturated carbocycles. The van der Waals surface area contributed by atoms with Crippen molar-refractivity contribution in [1.29, 1.82) is 0 Å². The number of carbonyl (C=O) groups is 2. The fraction of sp³-hybridized carbons (Fsp3) is 0.522. The summed E-state index contributed by atoms with van der Waals surface area (Å²) in [7, 11) is 0. The van der Waals surface area contributed by atoms with Gasteiger partial charge in [0.25, 0.3) is 5.91 Å². The van der Waals surface area contributed by atoms with Gasteiger partial charge in [0.1, 0.15) is 0 Å². The number of likely N-dealkylation sites (tertiary alicyclic amines) is 1. The number of morpholine rings is 1. The summed E-state index contributed by atoms with van der Waals surface area (Å²) >= 11 is 0. The van der Waals surface area contributed by atoms with Gasteiger partial charge in [-0.25, -0.2) is 0 Å². The quantitative estimate of drug-likeness (QED) is 0.776. The number of nitrogens with zero attached hydrogens (tertiary/aromatic N) is 3. The van der Waals surface area contributed by atoms with E-state index in [0.717, 1.165) is 29.5 Å². The van der Waals surface area contributed by atoms with E-state index in [1.807, 2.05) is 18.7 Å². The molecule has 2 fully saturated rings. The fourth-order valence-electron chi connectivity index (χ4n) is 4.63. The predicted octanol–water partition coefficient (Wildman–Crippen LogP) is 2.98. The minimum atomic E-state index is -0.174. The van der Waals surface area contributed by atoms with Gasteiger partial charge in [0.15, 0.2) is 11.5 Å². The monoisotopic (exact) mass is 411 g/mol. The van der Waals surface area contributed by atoms with Crippen LogP contribution < -0.4 is 0 Å². The molecule has 1 atom stereocenters. The molecule has 4 rings (SSSR count). The van der Waals surface area contributed by atoms with Crippen LogP contribution in [-0.4, -0.2) is 66.2 Å². The molecule has 1 unspecified atom stereocenters. The molecule has 0 N–H and O–H groups in total. The Morgan fingerprint density at radius 1 is 1.00 bits per heavy atom. The van der Waals surface area contributed by atoms with Crippen molar-refractivity contribution in [3.8, 4) is 11.3 Å². The zero-order valence-corrected chi connectivity index (χ0v) is 17.9. The van der Waals surface area contributed by atoms with Crippen LogP contribution in [-0.2, 0) is 9.53 Å². The normalized spacial score (nSPS) is 19.8. The summed E-state index contributed by atoms with van der Waals surface area (Å²) in [5.41, 5.74) is 4.65. The molecule has 0 bridgehead atoms. The number of hydrogen-bond donors (Lipinski definition) is 0. The first-order chi connectivity index (χ1) is 14.4. The second-order valence-electron chi connectivity index (χ2n) is 8.38. The van der Waals surface area contributed by atoms with Crippen LogP contribution in [0.3, 0.4) is 0 Å². The van der Waals surface area contributed by atoms with Gasteiger partial charge < -0.3 is 19.1 Å². The Morgan fingerprint density at radius 3 is 2.40 bits per heavy atom. The third kappa shape index (κ3) is 4.12. The van der Waals surface area contributed by atoms with E-state index in [4.69, 9.17) is 9.26 Å². The van der Waals surface area contributed by atoms with Crippen molar-refractivity contribution in [3.05, 3.63) is 40.6 Å². The van der Waals surface area contributed by atoms with E-state index in [1.165, 1.54) is 5.56 Å². The number of amides is 2. The molecule has 1 aromatic carbocycles. The Kier molecular flexibility index (Phi) is 5.90. The molecule has 3 heterocycles. The summed E-state index contributed by atoms with van der Waals surface area (Å²) in [6, 6.07) is 5.91. The lowest BCUT2D eigenvalue weighted by Crippen LogP contribution is -2.49. The van der Waals surface area contributed by atoms with E-state index < -0.39 is 0 Å². The van der Waals surface area contributed by atoms with Gasteiger partial charge in [0, 0.05) is 37.8 Å². The van der Waals surface area contributed by atoms with Crippen LogP contribution in [0.25, 0.3) is 11.3 Å². The van der Waals surface area contributed by atoms with Gasteiger partial charge in [-0.15, -0.1) is 0 Å². The summed E-state index contributed by atoms with van der Waals surface area (Å²) < 4.78 is 10.9. The number of hydrogen-bond acceptors (Lipinski definition) is 5. The lowest BCUT2D eigenvalue weighted by Gasteiger charge is -2.35. The highest BCUT2D eigenvalue weighted by atomic mass is 16.5. The van der Waals surface area contributed by atoms with E-state index >= 15 is 0 Å². The molecular weight excluding hydrogens is 382 g/mol. The van der Waals surface area contributed by atoms with Crippen molar-refractivity contribution in [2.75, 3.05) is 39.4 Å². The molecule has 0 aliphatic carbocycles. The molecule has 30 heavy (non-hydrogen) atoms. The number of piperidine rings is 1. The third-order valence-corrected chi connectivity index (χ3v) is 6.03. The first kappa shape index (κ1) is 20.6. The standard InChI is InChI=1S/C23H29N3O4/c1-15-11-16(2)21(17(3)12-15)20-13-19(24-30-20)23(28)26-6-4-5-18(14-26)22(27)25-7-9-29-10-8-25/h11-13,18H,4-10,14H2,1-3H3. The summed E-state index contributed by atoms with van der Waals surface area (Å²) in [5, 5.41) is 4.05. The number of rotatable bonds is 3. The van der Waals surface area contributed by atoms with Crippen LogP contribution in [0.2, 0.25) is 0 Å². The zero-order valence-electron chi connectivity index (χ0n) is 17.9. The van der Waals surface area contributed by atoms with Crippen LogP contribution in [0, 0.1) is 26.7 Å². The predicted molar refractivity (Wildman–Crippen MR) is 112 cm³/mol. The molecule has 2 saturated heterocycles. The maximum atomic E-state index is 13.1. The summed E-state index contributed by atoms with van der Waals surface area (Å²) in [4.78, 5) is 29.5.